The lowest BCUT2D eigenvalue weighted by atomic mass is 9.99. The highest BCUT2D eigenvalue weighted by molar-refractivity contribution is 6.69. The minimum atomic E-state index is -1.41. The van der Waals surface area contributed by atoms with Crippen LogP contribution in [0.2, 0.25) is 19.6 Å². The molecule has 0 aromatic heterocycles. The lowest BCUT2D eigenvalue weighted by molar-refractivity contribution is 0.282. The summed E-state index contributed by atoms with van der Waals surface area (Å²) in [5.74, 6) is 0. The fourth-order valence-corrected chi connectivity index (χ4v) is 2.48. The topological polar surface area (TPSA) is 21.6 Å². The standard InChI is InChI=1S/C13H19NOSi/c1-16(2,3)15-10-13-8-11-6-4-5-7-12(11)9-14-13/h4-7,9,13H,8,10H2,1-3H3/t13-/m0/s1. The minimum Gasteiger partial charge on any atom is -0.415 e. The summed E-state index contributed by atoms with van der Waals surface area (Å²) < 4.78 is 5.91. The van der Waals surface area contributed by atoms with E-state index in [1.54, 1.807) is 0 Å². The van der Waals surface area contributed by atoms with Crippen molar-refractivity contribution in [1.29, 1.82) is 0 Å². The van der Waals surface area contributed by atoms with Crippen molar-refractivity contribution >= 4 is 14.5 Å². The van der Waals surface area contributed by atoms with Crippen LogP contribution in [0.25, 0.3) is 0 Å². The molecule has 0 amide bonds. The molecule has 1 atom stereocenters. The molecule has 3 heteroatoms. The van der Waals surface area contributed by atoms with E-state index in [-0.39, 0.29) is 0 Å². The largest absolute Gasteiger partial charge is 0.415 e. The molecule has 1 aromatic rings. The van der Waals surface area contributed by atoms with Gasteiger partial charge in [0.15, 0.2) is 8.32 Å². The van der Waals surface area contributed by atoms with Gasteiger partial charge in [-0.15, -0.1) is 0 Å². The number of fused-ring (bicyclic) bond motifs is 1. The van der Waals surface area contributed by atoms with Crippen molar-refractivity contribution < 1.29 is 4.43 Å². The molecule has 0 spiro atoms. The number of nitrogens with zero attached hydrogens (tertiary/aromatic N) is 1. The Morgan fingerprint density at radius 3 is 2.81 bits per heavy atom. The van der Waals surface area contributed by atoms with Crippen LogP contribution in [0.3, 0.4) is 0 Å². The highest BCUT2D eigenvalue weighted by Gasteiger charge is 2.19. The average Bonchev–Trinajstić information content (AvgIpc) is 2.25. The van der Waals surface area contributed by atoms with Gasteiger partial charge in [-0.1, -0.05) is 24.3 Å². The van der Waals surface area contributed by atoms with Crippen LogP contribution in [0, 0.1) is 0 Å². The second kappa shape index (κ2) is 4.51. The van der Waals surface area contributed by atoms with Crippen molar-refractivity contribution in [3.63, 3.8) is 0 Å². The Kier molecular flexibility index (Phi) is 3.26. The van der Waals surface area contributed by atoms with E-state index in [9.17, 15) is 0 Å². The average molecular weight is 233 g/mol. The molecule has 16 heavy (non-hydrogen) atoms. The Labute approximate surface area is 98.5 Å². The smallest absolute Gasteiger partial charge is 0.183 e. The normalized spacial score (nSPS) is 19.6. The second-order valence-electron chi connectivity index (χ2n) is 5.26. The monoisotopic (exact) mass is 233 g/mol. The molecule has 0 fully saturated rings. The molecular formula is C13H19NOSi. The van der Waals surface area contributed by atoms with Gasteiger partial charge in [0, 0.05) is 6.21 Å². The van der Waals surface area contributed by atoms with Gasteiger partial charge in [0.1, 0.15) is 0 Å². The molecule has 1 heterocycles. The van der Waals surface area contributed by atoms with E-state index >= 15 is 0 Å². The predicted octanol–water partition coefficient (Wildman–Crippen LogP) is 2.88. The molecule has 86 valence electrons. The molecule has 0 aliphatic carbocycles. The molecule has 0 saturated carbocycles. The Balaban J connectivity index is 1.98. The highest BCUT2D eigenvalue weighted by Crippen LogP contribution is 2.17. The first kappa shape index (κ1) is 11.5. The van der Waals surface area contributed by atoms with Gasteiger partial charge in [0.2, 0.25) is 0 Å². The molecule has 1 aromatic carbocycles. The zero-order valence-corrected chi connectivity index (χ0v) is 11.2. The van der Waals surface area contributed by atoms with E-state index in [0.717, 1.165) is 13.0 Å². The summed E-state index contributed by atoms with van der Waals surface area (Å²) in [6.45, 7) is 7.41. The van der Waals surface area contributed by atoms with Gasteiger partial charge < -0.3 is 4.43 Å². The number of hydrogen-bond acceptors (Lipinski definition) is 2. The summed E-state index contributed by atoms with van der Waals surface area (Å²) in [4.78, 5) is 4.55. The van der Waals surface area contributed by atoms with E-state index in [4.69, 9.17) is 4.43 Å². The Morgan fingerprint density at radius 2 is 2.06 bits per heavy atom. The van der Waals surface area contributed by atoms with Crippen LogP contribution in [0.4, 0.5) is 0 Å². The minimum absolute atomic E-state index is 0.307. The van der Waals surface area contributed by atoms with Gasteiger partial charge >= 0.3 is 0 Å². The maximum atomic E-state index is 5.91. The van der Waals surface area contributed by atoms with Gasteiger partial charge in [-0.3, -0.25) is 4.99 Å². The fraction of sp³-hybridized carbons (Fsp3) is 0.462. The lowest BCUT2D eigenvalue weighted by Crippen LogP contribution is -2.31. The summed E-state index contributed by atoms with van der Waals surface area (Å²) in [5, 5.41) is 0. The van der Waals surface area contributed by atoms with Crippen molar-refractivity contribution in [1.82, 2.24) is 0 Å². The quantitative estimate of drug-likeness (QED) is 0.736. The molecule has 2 rings (SSSR count). The first-order valence-electron chi connectivity index (χ1n) is 5.80. The van der Waals surface area contributed by atoms with Crippen molar-refractivity contribution in [3.8, 4) is 0 Å². The van der Waals surface area contributed by atoms with E-state index in [1.807, 2.05) is 6.21 Å². The highest BCUT2D eigenvalue weighted by atomic mass is 28.4. The third-order valence-corrected chi connectivity index (χ3v) is 3.68. The van der Waals surface area contributed by atoms with Crippen LogP contribution in [-0.4, -0.2) is 27.2 Å². The Morgan fingerprint density at radius 1 is 1.31 bits per heavy atom. The molecule has 0 N–H and O–H groups in total. The maximum Gasteiger partial charge on any atom is 0.183 e. The van der Waals surface area contributed by atoms with Crippen molar-refractivity contribution in [2.45, 2.75) is 32.1 Å². The van der Waals surface area contributed by atoms with E-state index in [0.29, 0.717) is 6.04 Å². The first-order valence-corrected chi connectivity index (χ1v) is 9.20. The third-order valence-electron chi connectivity index (χ3n) is 2.64. The first-order chi connectivity index (χ1) is 7.54. The Bertz CT molecular complexity index is 395. The molecule has 1 aliphatic rings. The molecule has 1 aliphatic heterocycles. The summed E-state index contributed by atoms with van der Waals surface area (Å²) in [7, 11) is -1.41. The molecule has 2 nitrogen and oxygen atoms in total. The third kappa shape index (κ3) is 3.03. The summed E-state index contributed by atoms with van der Waals surface area (Å²) >= 11 is 0. The van der Waals surface area contributed by atoms with Crippen LogP contribution in [-0.2, 0) is 10.8 Å². The van der Waals surface area contributed by atoms with Gasteiger partial charge in [-0.2, -0.15) is 0 Å². The van der Waals surface area contributed by atoms with Crippen molar-refractivity contribution in [2.75, 3.05) is 6.61 Å². The number of hydrogen-bond donors (Lipinski definition) is 0. The predicted molar refractivity (Wildman–Crippen MR) is 70.8 cm³/mol. The molecular weight excluding hydrogens is 214 g/mol. The van der Waals surface area contributed by atoms with Crippen LogP contribution < -0.4 is 0 Å². The number of aliphatic imine (C=N–C) groups is 1. The Hall–Kier alpha value is -0.933. The van der Waals surface area contributed by atoms with Gasteiger partial charge in [-0.05, 0) is 37.2 Å². The summed E-state index contributed by atoms with van der Waals surface area (Å²) in [6.07, 6.45) is 2.99. The summed E-state index contributed by atoms with van der Waals surface area (Å²) in [6, 6.07) is 8.76. The van der Waals surface area contributed by atoms with Crippen molar-refractivity contribution in [3.05, 3.63) is 35.4 Å². The van der Waals surface area contributed by atoms with E-state index in [1.165, 1.54) is 11.1 Å². The van der Waals surface area contributed by atoms with Gasteiger partial charge in [0.25, 0.3) is 0 Å². The van der Waals surface area contributed by atoms with Crippen LogP contribution in [0.1, 0.15) is 11.1 Å². The fourth-order valence-electron chi connectivity index (χ4n) is 1.79. The van der Waals surface area contributed by atoms with Gasteiger partial charge in [0.05, 0.1) is 12.6 Å². The lowest BCUT2D eigenvalue weighted by Gasteiger charge is -2.23. The second-order valence-corrected chi connectivity index (χ2v) is 9.77. The maximum absolute atomic E-state index is 5.91. The van der Waals surface area contributed by atoms with Crippen LogP contribution in [0.5, 0.6) is 0 Å². The summed E-state index contributed by atoms with van der Waals surface area (Å²) in [5.41, 5.74) is 2.65. The zero-order valence-electron chi connectivity index (χ0n) is 10.2. The SMILES string of the molecule is C[Si](C)(C)OC[C@@H]1Cc2ccccc2C=N1. The molecule has 0 saturated heterocycles. The molecule has 0 bridgehead atoms. The number of benzene rings is 1. The van der Waals surface area contributed by atoms with Gasteiger partial charge in [-0.25, -0.2) is 0 Å². The van der Waals surface area contributed by atoms with Crippen LogP contribution in [0.15, 0.2) is 29.3 Å². The van der Waals surface area contributed by atoms with Crippen molar-refractivity contribution in [2.24, 2.45) is 4.99 Å². The molecule has 0 radical (unpaired) electrons. The number of rotatable bonds is 3. The van der Waals surface area contributed by atoms with Crippen LogP contribution >= 0.6 is 0 Å². The van der Waals surface area contributed by atoms with E-state index < -0.39 is 8.32 Å². The van der Waals surface area contributed by atoms with E-state index in [2.05, 4.69) is 48.9 Å². The zero-order chi connectivity index (χ0) is 11.6. The molecule has 0 unspecified atom stereocenters.